The molecule has 4 heteroatoms. The molecule has 2 unspecified atom stereocenters. The number of hydrogen-bond acceptors (Lipinski definition) is 4. The fourth-order valence-corrected chi connectivity index (χ4v) is 2.76. The second-order valence-electron chi connectivity index (χ2n) is 5.09. The Morgan fingerprint density at radius 2 is 2.29 bits per heavy atom. The molecule has 1 saturated heterocycles. The first-order valence-electron chi connectivity index (χ1n) is 6.39. The lowest BCUT2D eigenvalue weighted by atomic mass is 9.97. The van der Waals surface area contributed by atoms with Gasteiger partial charge < -0.3 is 5.73 Å². The summed E-state index contributed by atoms with van der Waals surface area (Å²) < 4.78 is 0. The highest BCUT2D eigenvalue weighted by atomic mass is 15.2. The molecule has 4 nitrogen and oxygen atoms in total. The van der Waals surface area contributed by atoms with E-state index in [-0.39, 0.29) is 0 Å². The summed E-state index contributed by atoms with van der Waals surface area (Å²) in [6.07, 6.45) is 3.02. The zero-order valence-corrected chi connectivity index (χ0v) is 10.9. The van der Waals surface area contributed by atoms with E-state index in [1.54, 1.807) is 0 Å². The average Bonchev–Trinajstić information content (AvgIpc) is 2.72. The van der Waals surface area contributed by atoms with E-state index in [0.29, 0.717) is 18.0 Å². The van der Waals surface area contributed by atoms with Crippen LogP contribution in [0.25, 0.3) is 0 Å². The van der Waals surface area contributed by atoms with Crippen molar-refractivity contribution in [1.82, 2.24) is 14.9 Å². The molecule has 2 N–H and O–H groups in total. The molecule has 0 saturated carbocycles. The molecule has 1 aliphatic heterocycles. The summed E-state index contributed by atoms with van der Waals surface area (Å²) in [5, 5.41) is 0. The van der Waals surface area contributed by atoms with Gasteiger partial charge >= 0.3 is 0 Å². The van der Waals surface area contributed by atoms with Crippen molar-refractivity contribution >= 4 is 0 Å². The number of rotatable bonds is 3. The normalized spacial score (nSPS) is 25.7. The van der Waals surface area contributed by atoms with Crippen molar-refractivity contribution in [3.8, 4) is 0 Å². The van der Waals surface area contributed by atoms with Gasteiger partial charge in [-0.25, -0.2) is 9.97 Å². The first-order chi connectivity index (χ1) is 8.13. The summed E-state index contributed by atoms with van der Waals surface area (Å²) in [5.74, 6) is 1.36. The van der Waals surface area contributed by atoms with E-state index < -0.39 is 0 Å². The van der Waals surface area contributed by atoms with Gasteiger partial charge in [-0.3, -0.25) is 4.90 Å². The van der Waals surface area contributed by atoms with Crippen molar-refractivity contribution < 1.29 is 0 Å². The first-order valence-corrected chi connectivity index (χ1v) is 6.39. The molecule has 17 heavy (non-hydrogen) atoms. The zero-order valence-electron chi connectivity index (χ0n) is 10.9. The highest BCUT2D eigenvalue weighted by Gasteiger charge is 2.36. The lowest BCUT2D eigenvalue weighted by Gasteiger charge is -2.30. The zero-order chi connectivity index (χ0) is 12.4. The fraction of sp³-hybridized carbons (Fsp3) is 0.692. The second kappa shape index (κ2) is 5.10. The van der Waals surface area contributed by atoms with E-state index in [4.69, 9.17) is 5.73 Å². The van der Waals surface area contributed by atoms with Crippen molar-refractivity contribution in [3.05, 3.63) is 23.8 Å². The molecule has 1 fully saturated rings. The molecule has 1 aliphatic rings. The summed E-state index contributed by atoms with van der Waals surface area (Å²) in [6.45, 7) is 8.26. The van der Waals surface area contributed by atoms with Gasteiger partial charge in [0.25, 0.3) is 0 Å². The molecular weight excluding hydrogens is 212 g/mol. The number of nitrogens with zero attached hydrogens (tertiary/aromatic N) is 3. The first kappa shape index (κ1) is 12.5. The highest BCUT2D eigenvalue weighted by Crippen LogP contribution is 2.36. The van der Waals surface area contributed by atoms with Crippen LogP contribution in [-0.4, -0.2) is 34.0 Å². The number of likely N-dealkylation sites (tertiary alicyclic amines) is 1. The Balaban J connectivity index is 2.31. The molecule has 0 aliphatic carbocycles. The summed E-state index contributed by atoms with van der Waals surface area (Å²) in [6, 6.07) is 2.93. The predicted molar refractivity (Wildman–Crippen MR) is 68.5 cm³/mol. The lowest BCUT2D eigenvalue weighted by molar-refractivity contribution is 0.181. The molecule has 0 bridgehead atoms. The van der Waals surface area contributed by atoms with Crippen LogP contribution in [0.2, 0.25) is 0 Å². The van der Waals surface area contributed by atoms with Crippen molar-refractivity contribution in [1.29, 1.82) is 0 Å². The van der Waals surface area contributed by atoms with Crippen LogP contribution in [0.15, 0.2) is 12.3 Å². The molecule has 0 spiro atoms. The Morgan fingerprint density at radius 1 is 1.53 bits per heavy atom. The number of aryl methyl sites for hydroxylation is 1. The third-order valence-electron chi connectivity index (χ3n) is 3.63. The maximum absolute atomic E-state index is 5.89. The van der Waals surface area contributed by atoms with E-state index in [0.717, 1.165) is 24.6 Å². The van der Waals surface area contributed by atoms with Crippen LogP contribution in [0.3, 0.4) is 0 Å². The quantitative estimate of drug-likeness (QED) is 0.861. The van der Waals surface area contributed by atoms with Crippen LogP contribution in [0.4, 0.5) is 0 Å². The molecule has 2 heterocycles. The SMILES string of the molecule is Cc1nccc(C2C(CN)CCN2C(C)C)n1. The van der Waals surface area contributed by atoms with Gasteiger partial charge in [-0.2, -0.15) is 0 Å². The monoisotopic (exact) mass is 234 g/mol. The summed E-state index contributed by atoms with van der Waals surface area (Å²) in [5.41, 5.74) is 7.02. The molecule has 0 amide bonds. The maximum atomic E-state index is 5.89. The van der Waals surface area contributed by atoms with Crippen molar-refractivity contribution in [2.75, 3.05) is 13.1 Å². The van der Waals surface area contributed by atoms with Crippen LogP contribution < -0.4 is 5.73 Å². The molecule has 2 rings (SSSR count). The van der Waals surface area contributed by atoms with E-state index >= 15 is 0 Å². The maximum Gasteiger partial charge on any atom is 0.125 e. The highest BCUT2D eigenvalue weighted by molar-refractivity contribution is 5.12. The molecule has 1 aromatic heterocycles. The van der Waals surface area contributed by atoms with Gasteiger partial charge in [-0.15, -0.1) is 0 Å². The van der Waals surface area contributed by atoms with Crippen LogP contribution >= 0.6 is 0 Å². The second-order valence-corrected chi connectivity index (χ2v) is 5.09. The van der Waals surface area contributed by atoms with Gasteiger partial charge in [-0.1, -0.05) is 0 Å². The van der Waals surface area contributed by atoms with Crippen LogP contribution in [0, 0.1) is 12.8 Å². The van der Waals surface area contributed by atoms with E-state index in [1.165, 1.54) is 6.42 Å². The minimum atomic E-state index is 0.363. The molecule has 1 aromatic rings. The molecule has 2 atom stereocenters. The van der Waals surface area contributed by atoms with Gasteiger partial charge in [0.15, 0.2) is 0 Å². The number of hydrogen-bond donors (Lipinski definition) is 1. The Bertz CT molecular complexity index is 377. The Labute approximate surface area is 103 Å². The summed E-state index contributed by atoms with van der Waals surface area (Å²) in [7, 11) is 0. The summed E-state index contributed by atoms with van der Waals surface area (Å²) in [4.78, 5) is 11.2. The Kier molecular flexibility index (Phi) is 3.74. The summed E-state index contributed by atoms with van der Waals surface area (Å²) >= 11 is 0. The molecule has 94 valence electrons. The van der Waals surface area contributed by atoms with Crippen molar-refractivity contribution in [2.45, 2.75) is 39.3 Å². The number of nitrogens with two attached hydrogens (primary N) is 1. The molecule has 0 aromatic carbocycles. The standard InChI is InChI=1S/C13H22N4/c1-9(2)17-7-5-11(8-14)13(17)12-4-6-15-10(3)16-12/h4,6,9,11,13H,5,7-8,14H2,1-3H3. The van der Waals surface area contributed by atoms with Crippen molar-refractivity contribution in [3.63, 3.8) is 0 Å². The third kappa shape index (κ3) is 2.48. The van der Waals surface area contributed by atoms with Crippen LogP contribution in [0.5, 0.6) is 0 Å². The minimum absolute atomic E-state index is 0.363. The van der Waals surface area contributed by atoms with Crippen LogP contribution in [0.1, 0.15) is 37.8 Å². The van der Waals surface area contributed by atoms with Crippen molar-refractivity contribution in [2.24, 2.45) is 11.7 Å². The van der Waals surface area contributed by atoms with Gasteiger partial charge in [0, 0.05) is 12.2 Å². The Hall–Kier alpha value is -1.00. The minimum Gasteiger partial charge on any atom is -0.330 e. The topological polar surface area (TPSA) is 55.0 Å². The van der Waals surface area contributed by atoms with Crippen LogP contribution in [-0.2, 0) is 0 Å². The average molecular weight is 234 g/mol. The van der Waals surface area contributed by atoms with Gasteiger partial charge in [-0.05, 0) is 52.3 Å². The smallest absolute Gasteiger partial charge is 0.125 e. The lowest BCUT2D eigenvalue weighted by Crippen LogP contribution is -2.34. The van der Waals surface area contributed by atoms with Gasteiger partial charge in [0.05, 0.1) is 11.7 Å². The van der Waals surface area contributed by atoms with Gasteiger partial charge in [0.1, 0.15) is 5.82 Å². The Morgan fingerprint density at radius 3 is 2.88 bits per heavy atom. The van der Waals surface area contributed by atoms with E-state index in [1.807, 2.05) is 19.2 Å². The van der Waals surface area contributed by atoms with Gasteiger partial charge in [0.2, 0.25) is 0 Å². The fourth-order valence-electron chi connectivity index (χ4n) is 2.76. The van der Waals surface area contributed by atoms with E-state index in [9.17, 15) is 0 Å². The van der Waals surface area contributed by atoms with E-state index in [2.05, 4.69) is 28.7 Å². The predicted octanol–water partition coefficient (Wildman–Crippen LogP) is 1.52. The third-order valence-corrected chi connectivity index (χ3v) is 3.63. The molecule has 0 radical (unpaired) electrons. The largest absolute Gasteiger partial charge is 0.330 e. The number of aromatic nitrogens is 2. The molecular formula is C13H22N4.